The van der Waals surface area contributed by atoms with Crippen LogP contribution in [0.25, 0.3) is 0 Å². The van der Waals surface area contributed by atoms with E-state index in [1.165, 1.54) is 12.5 Å². The number of rotatable bonds is 1. The van der Waals surface area contributed by atoms with Gasteiger partial charge < -0.3 is 14.6 Å². The third-order valence-electron chi connectivity index (χ3n) is 0.826. The molecule has 10 heavy (non-hydrogen) atoms. The van der Waals surface area contributed by atoms with Gasteiger partial charge >= 0.3 is 51.4 Å². The second kappa shape index (κ2) is 5.03. The predicted molar refractivity (Wildman–Crippen MR) is 27.5 cm³/mol. The Labute approximate surface area is 100 Å². The van der Waals surface area contributed by atoms with Gasteiger partial charge in [0.15, 0.2) is 6.10 Å². The second-order valence-electron chi connectivity index (χ2n) is 1.46. The molecule has 1 aliphatic rings. The van der Waals surface area contributed by atoms with Crippen LogP contribution in [0.1, 0.15) is 0 Å². The predicted octanol–water partition coefficient (Wildman–Crippen LogP) is -4.32. The van der Waals surface area contributed by atoms with E-state index in [0.29, 0.717) is 0 Å². The normalized spacial score (nSPS) is 21.0. The first-order valence-electron chi connectivity index (χ1n) is 2.35. The third-order valence-corrected chi connectivity index (χ3v) is 0.826. The van der Waals surface area contributed by atoms with Gasteiger partial charge in [-0.2, -0.15) is 0 Å². The van der Waals surface area contributed by atoms with Crippen LogP contribution in [0.5, 0.6) is 0 Å². The van der Waals surface area contributed by atoms with E-state index < -0.39 is 12.1 Å². The van der Waals surface area contributed by atoms with Crippen LogP contribution in [0.3, 0.4) is 0 Å². The molecule has 0 saturated carbocycles. The molecule has 1 rings (SSSR count). The molecule has 0 aromatic rings. The van der Waals surface area contributed by atoms with Crippen molar-refractivity contribution >= 4 is 12.2 Å². The Kier molecular flexibility index (Phi) is 5.19. The van der Waals surface area contributed by atoms with Crippen LogP contribution in [0.15, 0.2) is 17.5 Å². The number of aliphatic carboxylic acids is 1. The Morgan fingerprint density at radius 2 is 2.40 bits per heavy atom. The first-order chi connectivity index (χ1) is 4.30. The SMILES string of the molecule is O=C([O-])C1C=NC=CO1.[K+]. The fraction of sp³-hybridized carbons (Fsp3) is 0.200. The van der Waals surface area contributed by atoms with Crippen molar-refractivity contribution in [2.45, 2.75) is 6.10 Å². The molecule has 4 nitrogen and oxygen atoms in total. The molecule has 48 valence electrons. The number of carbonyl (C=O) groups excluding carboxylic acids is 1. The van der Waals surface area contributed by atoms with Gasteiger partial charge in [-0.3, -0.25) is 4.99 Å². The number of aliphatic imine (C=N–C) groups is 1. The van der Waals surface area contributed by atoms with E-state index in [0.717, 1.165) is 6.21 Å². The summed E-state index contributed by atoms with van der Waals surface area (Å²) in [5.41, 5.74) is 0. The van der Waals surface area contributed by atoms with Crippen LogP contribution in [0.2, 0.25) is 0 Å². The Morgan fingerprint density at radius 1 is 1.70 bits per heavy atom. The molecule has 1 unspecified atom stereocenters. The average molecular weight is 165 g/mol. The van der Waals surface area contributed by atoms with Gasteiger partial charge in [0.25, 0.3) is 0 Å². The van der Waals surface area contributed by atoms with Crippen LogP contribution in [-0.2, 0) is 9.53 Å². The van der Waals surface area contributed by atoms with Crippen molar-refractivity contribution < 1.29 is 66.0 Å². The summed E-state index contributed by atoms with van der Waals surface area (Å²) in [6.45, 7) is 0. The molecule has 1 aliphatic heterocycles. The van der Waals surface area contributed by atoms with Gasteiger partial charge in [0.2, 0.25) is 0 Å². The molecular weight excluding hydrogens is 161 g/mol. The number of carboxylic acids is 1. The summed E-state index contributed by atoms with van der Waals surface area (Å²) >= 11 is 0. The molecule has 0 saturated heterocycles. The van der Waals surface area contributed by atoms with E-state index in [1.807, 2.05) is 0 Å². The van der Waals surface area contributed by atoms with Crippen LogP contribution in [0.4, 0.5) is 0 Å². The van der Waals surface area contributed by atoms with Crippen LogP contribution < -0.4 is 56.5 Å². The van der Waals surface area contributed by atoms with Crippen molar-refractivity contribution in [2.75, 3.05) is 0 Å². The van der Waals surface area contributed by atoms with Crippen molar-refractivity contribution in [1.82, 2.24) is 0 Å². The molecule has 0 aromatic heterocycles. The number of ether oxygens (including phenoxy) is 1. The van der Waals surface area contributed by atoms with Crippen molar-refractivity contribution in [3.8, 4) is 0 Å². The molecule has 0 N–H and O–H groups in total. The molecule has 0 aliphatic carbocycles. The Hall–Kier alpha value is 0.316. The minimum absolute atomic E-state index is 0. The van der Waals surface area contributed by atoms with Gasteiger partial charge in [0.05, 0.1) is 18.4 Å². The van der Waals surface area contributed by atoms with Crippen LogP contribution in [-0.4, -0.2) is 18.3 Å². The Morgan fingerprint density at radius 3 is 2.70 bits per heavy atom. The molecule has 0 fully saturated rings. The maximum absolute atomic E-state index is 9.99. The van der Waals surface area contributed by atoms with Gasteiger partial charge in [0.1, 0.15) is 6.26 Å². The van der Waals surface area contributed by atoms with Crippen molar-refractivity contribution in [3.05, 3.63) is 12.5 Å². The topological polar surface area (TPSA) is 61.7 Å². The van der Waals surface area contributed by atoms with Crippen LogP contribution >= 0.6 is 0 Å². The van der Waals surface area contributed by atoms with Gasteiger partial charge in [0, 0.05) is 0 Å². The van der Waals surface area contributed by atoms with Crippen molar-refractivity contribution in [1.29, 1.82) is 0 Å². The molecule has 0 spiro atoms. The molecule has 0 amide bonds. The van der Waals surface area contributed by atoms with E-state index in [-0.39, 0.29) is 51.4 Å². The van der Waals surface area contributed by atoms with Crippen molar-refractivity contribution in [2.24, 2.45) is 4.99 Å². The molecular formula is C5H4KNO3. The van der Waals surface area contributed by atoms with Gasteiger partial charge in [-0.1, -0.05) is 0 Å². The Balaban J connectivity index is 0.000000810. The number of carboxylic acid groups (broad SMARTS) is 1. The van der Waals surface area contributed by atoms with Gasteiger partial charge in [-0.15, -0.1) is 0 Å². The van der Waals surface area contributed by atoms with E-state index in [9.17, 15) is 9.90 Å². The summed E-state index contributed by atoms with van der Waals surface area (Å²) in [6.07, 6.45) is 2.71. The monoisotopic (exact) mass is 165 g/mol. The zero-order valence-electron chi connectivity index (χ0n) is 5.48. The summed E-state index contributed by atoms with van der Waals surface area (Å²) in [7, 11) is 0. The minimum atomic E-state index is -1.27. The maximum atomic E-state index is 9.99. The van der Waals surface area contributed by atoms with Crippen molar-refractivity contribution in [3.63, 3.8) is 0 Å². The standard InChI is InChI=1S/C5H5NO3.K/c7-5(8)4-3-6-1-2-9-4;/h1-4H,(H,7,8);/q;+1/p-1. The average Bonchev–Trinajstić information content (AvgIpc) is 1.90. The molecule has 0 aromatic carbocycles. The summed E-state index contributed by atoms with van der Waals surface area (Å²) in [4.78, 5) is 13.5. The maximum Gasteiger partial charge on any atom is 1.00 e. The number of carbonyl (C=O) groups is 1. The fourth-order valence-electron chi connectivity index (χ4n) is 0.434. The third kappa shape index (κ3) is 2.93. The molecule has 1 atom stereocenters. The zero-order chi connectivity index (χ0) is 6.69. The number of nitrogens with zero attached hydrogens (tertiary/aromatic N) is 1. The molecule has 0 radical (unpaired) electrons. The van der Waals surface area contributed by atoms with Gasteiger partial charge in [-0.05, 0) is 0 Å². The Bertz CT molecular complexity index is 178. The molecule has 1 heterocycles. The largest absolute Gasteiger partial charge is 1.00 e. The van der Waals surface area contributed by atoms with Crippen LogP contribution in [0, 0.1) is 0 Å². The number of hydrogen-bond donors (Lipinski definition) is 0. The quantitative estimate of drug-likeness (QED) is 0.369. The summed E-state index contributed by atoms with van der Waals surface area (Å²) in [5, 5.41) is 9.99. The van der Waals surface area contributed by atoms with E-state index >= 15 is 0 Å². The first kappa shape index (κ1) is 10.3. The minimum Gasteiger partial charge on any atom is -0.546 e. The second-order valence-corrected chi connectivity index (χ2v) is 1.46. The summed E-state index contributed by atoms with van der Waals surface area (Å²) in [5.74, 6) is -1.27. The summed E-state index contributed by atoms with van der Waals surface area (Å²) < 4.78 is 4.55. The molecule has 0 bridgehead atoms. The summed E-state index contributed by atoms with van der Waals surface area (Å²) in [6, 6.07) is 0. The van der Waals surface area contributed by atoms with E-state index in [2.05, 4.69) is 9.73 Å². The molecule has 5 heteroatoms. The fourth-order valence-corrected chi connectivity index (χ4v) is 0.434. The van der Waals surface area contributed by atoms with E-state index in [1.54, 1.807) is 0 Å². The van der Waals surface area contributed by atoms with Gasteiger partial charge in [-0.25, -0.2) is 0 Å². The number of hydrogen-bond acceptors (Lipinski definition) is 4. The first-order valence-corrected chi connectivity index (χ1v) is 2.35. The smallest absolute Gasteiger partial charge is 0.546 e. The zero-order valence-corrected chi connectivity index (χ0v) is 8.60. The van der Waals surface area contributed by atoms with E-state index in [4.69, 9.17) is 0 Å².